The van der Waals surface area contributed by atoms with Crippen molar-refractivity contribution in [2.45, 2.75) is 44.6 Å². The highest BCUT2D eigenvalue weighted by Crippen LogP contribution is 2.31. The van der Waals surface area contributed by atoms with Gasteiger partial charge in [-0.1, -0.05) is 31.4 Å². The van der Waals surface area contributed by atoms with Crippen LogP contribution in [0.25, 0.3) is 0 Å². The van der Waals surface area contributed by atoms with Gasteiger partial charge in [0.15, 0.2) is 0 Å². The van der Waals surface area contributed by atoms with E-state index >= 15 is 0 Å². The first-order valence-electron chi connectivity index (χ1n) is 7.81. The molecule has 0 unspecified atom stereocenters. The Kier molecular flexibility index (Phi) is 5.23. The molecule has 0 heterocycles. The molecule has 4 heteroatoms. The van der Waals surface area contributed by atoms with Gasteiger partial charge in [0, 0.05) is 17.8 Å². The summed E-state index contributed by atoms with van der Waals surface area (Å²) in [5.41, 5.74) is 2.10. The van der Waals surface area contributed by atoms with E-state index in [4.69, 9.17) is 0 Å². The van der Waals surface area contributed by atoms with Crippen LogP contribution in [0.4, 0.5) is 10.5 Å². The fraction of sp³-hybridized carbons (Fsp3) is 0.588. The van der Waals surface area contributed by atoms with Gasteiger partial charge >= 0.3 is 6.03 Å². The van der Waals surface area contributed by atoms with Crippen LogP contribution in [0, 0.1) is 6.92 Å². The minimum atomic E-state index is -0.118. The van der Waals surface area contributed by atoms with E-state index < -0.39 is 0 Å². The first kappa shape index (κ1) is 15.8. The van der Waals surface area contributed by atoms with E-state index in [1.807, 2.05) is 31.2 Å². The highest BCUT2D eigenvalue weighted by Gasteiger charge is 2.34. The van der Waals surface area contributed by atoms with Crippen molar-refractivity contribution in [3.63, 3.8) is 0 Å². The molecule has 1 aromatic rings. The Balaban J connectivity index is 1.90. The first-order chi connectivity index (χ1) is 10.0. The molecule has 0 spiro atoms. The minimum Gasteiger partial charge on any atom is -0.336 e. The summed E-state index contributed by atoms with van der Waals surface area (Å²) in [6, 6.07) is 7.74. The average Bonchev–Trinajstić information content (AvgIpc) is 2.46. The fourth-order valence-corrected chi connectivity index (χ4v) is 3.13. The Morgan fingerprint density at radius 1 is 1.24 bits per heavy atom. The van der Waals surface area contributed by atoms with Gasteiger partial charge in [-0.25, -0.2) is 4.79 Å². The number of carbonyl (C=O) groups excluding carboxylic acids is 1. The summed E-state index contributed by atoms with van der Waals surface area (Å²) in [6.07, 6.45) is 6.12. The fourth-order valence-electron chi connectivity index (χ4n) is 3.13. The largest absolute Gasteiger partial charge is 0.336 e. The van der Waals surface area contributed by atoms with Gasteiger partial charge in [-0.15, -0.1) is 0 Å². The Morgan fingerprint density at radius 2 is 1.95 bits per heavy atom. The zero-order valence-corrected chi connectivity index (χ0v) is 13.4. The van der Waals surface area contributed by atoms with Crippen molar-refractivity contribution in [1.29, 1.82) is 0 Å². The third-order valence-corrected chi connectivity index (χ3v) is 4.59. The van der Waals surface area contributed by atoms with E-state index in [0.717, 1.165) is 24.1 Å². The van der Waals surface area contributed by atoms with E-state index in [2.05, 4.69) is 29.6 Å². The maximum atomic E-state index is 12.1. The summed E-state index contributed by atoms with van der Waals surface area (Å²) in [5.74, 6) is 0. The second-order valence-electron chi connectivity index (χ2n) is 6.36. The van der Waals surface area contributed by atoms with E-state index in [1.54, 1.807) is 0 Å². The second-order valence-corrected chi connectivity index (χ2v) is 6.36. The standard InChI is InChI=1S/C17H27N3O/c1-14-8-7-9-15(12-14)19-16(21)18-13-17(20(2)3)10-5-4-6-11-17/h7-9,12H,4-6,10-11,13H2,1-3H3,(H2,18,19,21). The third kappa shape index (κ3) is 4.21. The van der Waals surface area contributed by atoms with Crippen molar-refractivity contribution >= 4 is 11.7 Å². The molecule has 2 N–H and O–H groups in total. The quantitative estimate of drug-likeness (QED) is 0.892. The van der Waals surface area contributed by atoms with Crippen LogP contribution >= 0.6 is 0 Å². The summed E-state index contributed by atoms with van der Waals surface area (Å²) in [7, 11) is 4.23. The molecule has 21 heavy (non-hydrogen) atoms. The maximum absolute atomic E-state index is 12.1. The second kappa shape index (κ2) is 6.94. The molecule has 1 aliphatic rings. The van der Waals surface area contributed by atoms with E-state index in [1.165, 1.54) is 19.3 Å². The molecule has 0 atom stereocenters. The maximum Gasteiger partial charge on any atom is 0.319 e. The number of carbonyl (C=O) groups is 1. The van der Waals surface area contributed by atoms with Gasteiger partial charge in [-0.2, -0.15) is 0 Å². The van der Waals surface area contributed by atoms with E-state index in [9.17, 15) is 4.79 Å². The van der Waals surface area contributed by atoms with Gasteiger partial charge in [0.1, 0.15) is 0 Å². The van der Waals surface area contributed by atoms with Crippen molar-refractivity contribution in [3.05, 3.63) is 29.8 Å². The molecule has 0 aromatic heterocycles. The number of likely N-dealkylation sites (N-methyl/N-ethyl adjacent to an activating group) is 1. The summed E-state index contributed by atoms with van der Waals surface area (Å²) in [5, 5.41) is 5.96. The number of hydrogen-bond donors (Lipinski definition) is 2. The molecule has 1 aliphatic carbocycles. The Hall–Kier alpha value is -1.55. The molecule has 0 bridgehead atoms. The smallest absolute Gasteiger partial charge is 0.319 e. The number of rotatable bonds is 4. The van der Waals surface area contributed by atoms with Crippen LogP contribution in [-0.2, 0) is 0 Å². The number of aryl methyl sites for hydroxylation is 1. The van der Waals surface area contributed by atoms with Crippen LogP contribution in [0.3, 0.4) is 0 Å². The summed E-state index contributed by atoms with van der Waals surface area (Å²) < 4.78 is 0. The highest BCUT2D eigenvalue weighted by atomic mass is 16.2. The van der Waals surface area contributed by atoms with Gasteiger partial charge in [0.25, 0.3) is 0 Å². The molecular weight excluding hydrogens is 262 g/mol. The van der Waals surface area contributed by atoms with Crippen molar-refractivity contribution in [2.75, 3.05) is 26.0 Å². The van der Waals surface area contributed by atoms with Crippen LogP contribution < -0.4 is 10.6 Å². The SMILES string of the molecule is Cc1cccc(NC(=O)NCC2(N(C)C)CCCCC2)c1. The molecule has 0 radical (unpaired) electrons. The molecule has 116 valence electrons. The normalized spacial score (nSPS) is 17.5. The van der Waals surface area contributed by atoms with Gasteiger partial charge < -0.3 is 15.5 Å². The van der Waals surface area contributed by atoms with Crippen LogP contribution in [0.2, 0.25) is 0 Å². The molecule has 1 aromatic carbocycles. The number of urea groups is 1. The molecular formula is C17H27N3O. The van der Waals surface area contributed by atoms with Gasteiger partial charge in [0.2, 0.25) is 0 Å². The molecule has 0 saturated heterocycles. The Morgan fingerprint density at radius 3 is 2.57 bits per heavy atom. The van der Waals surface area contributed by atoms with Gasteiger partial charge in [-0.05, 0) is 51.6 Å². The zero-order valence-electron chi connectivity index (χ0n) is 13.4. The molecule has 0 aliphatic heterocycles. The molecule has 1 fully saturated rings. The lowest BCUT2D eigenvalue weighted by Crippen LogP contribution is -2.54. The van der Waals surface area contributed by atoms with Crippen molar-refractivity contribution in [1.82, 2.24) is 10.2 Å². The number of anilines is 1. The van der Waals surface area contributed by atoms with Crippen LogP contribution in [-0.4, -0.2) is 37.1 Å². The molecule has 1 saturated carbocycles. The Labute approximate surface area is 127 Å². The van der Waals surface area contributed by atoms with E-state index in [-0.39, 0.29) is 11.6 Å². The first-order valence-corrected chi connectivity index (χ1v) is 7.81. The lowest BCUT2D eigenvalue weighted by atomic mass is 9.80. The van der Waals surface area contributed by atoms with Crippen molar-refractivity contribution < 1.29 is 4.79 Å². The van der Waals surface area contributed by atoms with Crippen molar-refractivity contribution in [3.8, 4) is 0 Å². The summed E-state index contributed by atoms with van der Waals surface area (Å²) >= 11 is 0. The number of nitrogens with one attached hydrogen (secondary N) is 2. The summed E-state index contributed by atoms with van der Waals surface area (Å²) in [6.45, 7) is 2.73. The number of benzene rings is 1. The zero-order chi connectivity index (χ0) is 15.3. The summed E-state index contributed by atoms with van der Waals surface area (Å²) in [4.78, 5) is 14.4. The minimum absolute atomic E-state index is 0.113. The topological polar surface area (TPSA) is 44.4 Å². The predicted molar refractivity (Wildman–Crippen MR) is 87.7 cm³/mol. The number of amides is 2. The Bertz CT molecular complexity index is 479. The molecule has 2 amide bonds. The number of nitrogens with zero attached hydrogens (tertiary/aromatic N) is 1. The van der Waals surface area contributed by atoms with E-state index in [0.29, 0.717) is 6.54 Å². The van der Waals surface area contributed by atoms with Crippen molar-refractivity contribution in [2.24, 2.45) is 0 Å². The lowest BCUT2D eigenvalue weighted by Gasteiger charge is -2.43. The third-order valence-electron chi connectivity index (χ3n) is 4.59. The molecule has 2 rings (SSSR count). The van der Waals surface area contributed by atoms with Gasteiger partial charge in [-0.3, -0.25) is 0 Å². The predicted octanol–water partition coefficient (Wildman–Crippen LogP) is 3.38. The lowest BCUT2D eigenvalue weighted by molar-refractivity contribution is 0.101. The number of hydrogen-bond acceptors (Lipinski definition) is 2. The van der Waals surface area contributed by atoms with Gasteiger partial charge in [0.05, 0.1) is 0 Å². The molecule has 4 nitrogen and oxygen atoms in total. The van der Waals surface area contributed by atoms with Crippen LogP contribution in [0.1, 0.15) is 37.7 Å². The monoisotopic (exact) mass is 289 g/mol. The van der Waals surface area contributed by atoms with Crippen LogP contribution in [0.15, 0.2) is 24.3 Å². The van der Waals surface area contributed by atoms with Crippen LogP contribution in [0.5, 0.6) is 0 Å². The highest BCUT2D eigenvalue weighted by molar-refractivity contribution is 5.89. The average molecular weight is 289 g/mol.